The number of rotatable bonds is 7. The van der Waals surface area contributed by atoms with Crippen molar-refractivity contribution in [2.24, 2.45) is 0 Å². The second-order valence-electron chi connectivity index (χ2n) is 6.93. The van der Waals surface area contributed by atoms with Gasteiger partial charge in [0.15, 0.2) is 6.17 Å². The van der Waals surface area contributed by atoms with Gasteiger partial charge in [-0.05, 0) is 19.4 Å². The van der Waals surface area contributed by atoms with E-state index in [1.54, 1.807) is 25.3 Å². The molecule has 28 heavy (non-hydrogen) atoms. The number of H-pyrrole nitrogens is 1. The molecule has 148 valence electrons. The number of carbonyl (C=O) groups excluding carboxylic acids is 2. The predicted octanol–water partition coefficient (Wildman–Crippen LogP) is 1.37. The van der Waals surface area contributed by atoms with E-state index in [1.165, 1.54) is 6.07 Å². The number of amides is 1. The van der Waals surface area contributed by atoms with Crippen molar-refractivity contribution in [1.29, 1.82) is 0 Å². The molecule has 0 saturated heterocycles. The first-order chi connectivity index (χ1) is 13.5. The third-order valence-electron chi connectivity index (χ3n) is 4.89. The van der Waals surface area contributed by atoms with Gasteiger partial charge in [0.05, 0.1) is 24.8 Å². The number of benzene rings is 1. The summed E-state index contributed by atoms with van der Waals surface area (Å²) >= 11 is 0. The van der Waals surface area contributed by atoms with Crippen LogP contribution in [0.1, 0.15) is 63.5 Å². The quantitative estimate of drug-likeness (QED) is 0.779. The minimum absolute atomic E-state index is 0.0718. The Morgan fingerprint density at radius 1 is 1.36 bits per heavy atom. The monoisotopic (exact) mass is 383 g/mol. The highest BCUT2D eigenvalue weighted by atomic mass is 16.5. The summed E-state index contributed by atoms with van der Waals surface area (Å²) in [6.07, 6.45) is 1.25. The molecule has 2 N–H and O–H groups in total. The fraction of sp³-hybridized carbons (Fsp3) is 0.381. The van der Waals surface area contributed by atoms with Crippen molar-refractivity contribution < 1.29 is 24.4 Å². The van der Waals surface area contributed by atoms with Gasteiger partial charge in [0.1, 0.15) is 5.56 Å². The molecule has 7 nitrogen and oxygen atoms in total. The van der Waals surface area contributed by atoms with Gasteiger partial charge in [-0.15, -0.1) is 0 Å². The van der Waals surface area contributed by atoms with Gasteiger partial charge in [0.2, 0.25) is 0 Å². The number of ether oxygens (including phenoxy) is 1. The molecule has 7 heteroatoms. The van der Waals surface area contributed by atoms with Crippen LogP contribution in [-0.4, -0.2) is 25.5 Å². The molecule has 0 spiro atoms. The Kier molecular flexibility index (Phi) is 5.94. The van der Waals surface area contributed by atoms with Gasteiger partial charge in [-0.2, -0.15) is 0 Å². The third-order valence-corrected chi connectivity index (χ3v) is 4.89. The lowest BCUT2D eigenvalue weighted by Gasteiger charge is -2.34. The standard InChI is InChI=1S/C21H25N3O4/c1-4-5-10-24-18(15-8-6-7-9-16(15)21(26)27)23-20(25)17-14(12-28-3)11-13(2)22-19(17)24/h6-9,11,18H,4-5,10,12H2,1-3H3,(H,23,25)(H,26,27)/t18-/m0/s1. The van der Waals surface area contributed by atoms with Gasteiger partial charge in [0, 0.05) is 23.8 Å². The molecule has 2 aromatic rings. The molecule has 0 radical (unpaired) electrons. The number of aromatic carboxylic acids is 1. The normalized spacial score (nSPS) is 15.9. The lowest BCUT2D eigenvalue weighted by atomic mass is 9.98. The average Bonchev–Trinajstić information content (AvgIpc) is 2.66. The molecule has 2 heterocycles. The maximum absolute atomic E-state index is 13.0. The van der Waals surface area contributed by atoms with E-state index >= 15 is 0 Å². The van der Waals surface area contributed by atoms with Gasteiger partial charge in [-0.1, -0.05) is 37.6 Å². The predicted molar refractivity (Wildman–Crippen MR) is 102 cm³/mol. The largest absolute Gasteiger partial charge is 0.545 e. The highest BCUT2D eigenvalue weighted by molar-refractivity contribution is 6.02. The van der Waals surface area contributed by atoms with E-state index in [0.717, 1.165) is 24.1 Å². The smallest absolute Gasteiger partial charge is 0.289 e. The third kappa shape index (κ3) is 3.71. The minimum Gasteiger partial charge on any atom is -0.545 e. The summed E-state index contributed by atoms with van der Waals surface area (Å²) in [7, 11) is 1.59. The Hall–Kier alpha value is -2.93. The number of anilines is 1. The van der Waals surface area contributed by atoms with Gasteiger partial charge in [-0.3, -0.25) is 4.79 Å². The van der Waals surface area contributed by atoms with Crippen LogP contribution in [-0.2, 0) is 11.3 Å². The number of carbonyl (C=O) groups is 2. The number of carboxylic acids is 1. The zero-order valence-electron chi connectivity index (χ0n) is 16.4. The summed E-state index contributed by atoms with van der Waals surface area (Å²) in [5.74, 6) is -0.842. The number of methoxy groups -OCH3 is 1. The van der Waals surface area contributed by atoms with Crippen LogP contribution in [0, 0.1) is 6.92 Å². The van der Waals surface area contributed by atoms with Crippen molar-refractivity contribution in [2.45, 2.75) is 39.5 Å². The van der Waals surface area contributed by atoms with Crippen LogP contribution in [0.2, 0.25) is 0 Å². The number of nitrogens with zero attached hydrogens (tertiary/aromatic N) is 1. The van der Waals surface area contributed by atoms with E-state index in [9.17, 15) is 14.7 Å². The summed E-state index contributed by atoms with van der Waals surface area (Å²) in [6, 6.07) is 8.52. The number of hydrogen-bond acceptors (Lipinski definition) is 5. The number of fused-ring (bicyclic) bond motifs is 1. The maximum Gasteiger partial charge on any atom is 0.289 e. The molecule has 3 rings (SSSR count). The van der Waals surface area contributed by atoms with Crippen molar-refractivity contribution in [3.8, 4) is 0 Å². The van der Waals surface area contributed by atoms with E-state index in [1.807, 2.05) is 17.9 Å². The number of aryl methyl sites for hydroxylation is 1. The maximum atomic E-state index is 13.0. The first kappa shape index (κ1) is 19.8. The Morgan fingerprint density at radius 3 is 2.79 bits per heavy atom. The fourth-order valence-electron chi connectivity index (χ4n) is 3.65. The van der Waals surface area contributed by atoms with Crippen LogP contribution in [0.4, 0.5) is 5.82 Å². The second-order valence-corrected chi connectivity index (χ2v) is 6.93. The molecule has 0 saturated carbocycles. The zero-order chi connectivity index (χ0) is 20.3. The van der Waals surface area contributed by atoms with Gasteiger partial charge < -0.3 is 20.0 Å². The van der Waals surface area contributed by atoms with Crippen LogP contribution in [0.3, 0.4) is 0 Å². The molecule has 0 fully saturated rings. The molecule has 0 bridgehead atoms. The molecule has 1 atom stereocenters. The van der Waals surface area contributed by atoms with Crippen molar-refractivity contribution in [3.63, 3.8) is 0 Å². The topological polar surface area (TPSA) is 95.8 Å². The molecule has 1 aromatic heterocycles. The van der Waals surface area contributed by atoms with Crippen LogP contribution < -0.4 is 20.3 Å². The van der Waals surface area contributed by atoms with E-state index in [4.69, 9.17) is 4.74 Å². The molecule has 1 aliphatic heterocycles. The highest BCUT2D eigenvalue weighted by Crippen LogP contribution is 2.33. The minimum atomic E-state index is -1.26. The van der Waals surface area contributed by atoms with Crippen LogP contribution in [0.25, 0.3) is 0 Å². The molecule has 1 aliphatic rings. The number of hydrogen-bond donors (Lipinski definition) is 1. The average molecular weight is 383 g/mol. The first-order valence-electron chi connectivity index (χ1n) is 9.40. The molecule has 0 aliphatic carbocycles. The summed E-state index contributed by atoms with van der Waals surface area (Å²) in [6.45, 7) is 4.98. The molecular weight excluding hydrogens is 358 g/mol. The Bertz CT molecular complexity index is 897. The van der Waals surface area contributed by atoms with Crippen molar-refractivity contribution >= 4 is 17.7 Å². The highest BCUT2D eigenvalue weighted by Gasteiger charge is 2.41. The number of carboxylic acid groups (broad SMARTS) is 1. The van der Waals surface area contributed by atoms with Gasteiger partial charge in [0.25, 0.3) is 11.7 Å². The van der Waals surface area contributed by atoms with Crippen LogP contribution in [0.15, 0.2) is 30.3 Å². The summed E-state index contributed by atoms with van der Waals surface area (Å²) < 4.78 is 5.28. The van der Waals surface area contributed by atoms with Gasteiger partial charge >= 0.3 is 0 Å². The van der Waals surface area contributed by atoms with Crippen molar-refractivity contribution in [2.75, 3.05) is 18.6 Å². The summed E-state index contributed by atoms with van der Waals surface area (Å²) in [5.41, 5.74) is 2.79. The van der Waals surface area contributed by atoms with E-state index in [-0.39, 0.29) is 11.5 Å². The number of aromatic nitrogens is 1. The van der Waals surface area contributed by atoms with E-state index in [2.05, 4.69) is 17.2 Å². The first-order valence-corrected chi connectivity index (χ1v) is 9.40. The fourth-order valence-corrected chi connectivity index (χ4v) is 3.65. The van der Waals surface area contributed by atoms with Crippen molar-refractivity contribution in [3.05, 3.63) is 58.3 Å². The van der Waals surface area contributed by atoms with Crippen molar-refractivity contribution in [1.82, 2.24) is 5.32 Å². The van der Waals surface area contributed by atoms with Gasteiger partial charge in [-0.25, -0.2) is 9.88 Å². The summed E-state index contributed by atoms with van der Waals surface area (Å²) in [4.78, 5) is 30.0. The Morgan fingerprint density at radius 2 is 2.11 bits per heavy atom. The lowest BCUT2D eigenvalue weighted by molar-refractivity contribution is -0.375. The van der Waals surface area contributed by atoms with E-state index < -0.39 is 12.1 Å². The van der Waals surface area contributed by atoms with Crippen LogP contribution >= 0.6 is 0 Å². The SMILES string of the molecule is CCCCN1c2[nH+]c(C)cc(COC)c2C(=O)N[C@@H]1c1ccccc1C(=O)[O-]. The molecule has 1 aromatic carbocycles. The molecular formula is C21H25N3O4. The summed E-state index contributed by atoms with van der Waals surface area (Å²) in [5, 5.41) is 14.6. The molecule has 0 unspecified atom stereocenters. The zero-order valence-corrected chi connectivity index (χ0v) is 16.4. The number of unbranched alkanes of at least 4 members (excludes halogenated alkanes) is 1. The number of nitrogens with one attached hydrogen (secondary N) is 2. The number of aromatic amines is 1. The van der Waals surface area contributed by atoms with Crippen LogP contribution in [0.5, 0.6) is 0 Å². The lowest BCUT2D eigenvalue weighted by Crippen LogP contribution is -2.51. The Labute approximate surface area is 164 Å². The number of pyridine rings is 1. The second kappa shape index (κ2) is 8.39. The van der Waals surface area contributed by atoms with E-state index in [0.29, 0.717) is 30.1 Å². The molecule has 1 amide bonds. The Balaban J connectivity index is 2.17.